The molecule has 34 heavy (non-hydrogen) atoms. The summed E-state index contributed by atoms with van der Waals surface area (Å²) in [4.78, 5) is 12.1. The predicted molar refractivity (Wildman–Crippen MR) is 147 cm³/mol. The predicted octanol–water partition coefficient (Wildman–Crippen LogP) is 10.4. The van der Waals surface area contributed by atoms with Gasteiger partial charge in [-0.05, 0) is 64.9 Å². The van der Waals surface area contributed by atoms with Gasteiger partial charge in [0.05, 0.1) is 5.76 Å². The number of rotatable bonds is 2. The van der Waals surface area contributed by atoms with E-state index < -0.39 is 0 Å². The van der Waals surface area contributed by atoms with E-state index in [0.717, 1.165) is 31.3 Å². The molecule has 0 bridgehead atoms. The Morgan fingerprint density at radius 3 is 1.79 bits per heavy atom. The topological polar surface area (TPSA) is 26.3 Å². The van der Waals surface area contributed by atoms with Gasteiger partial charge in [-0.2, -0.15) is 0 Å². The molecule has 0 aromatic rings. The standard InChI is InChI=1S/2C16H28O/c1-16(2)13-14-11-9-7-5-3-4-6-8-10-12-15(14)17-16;1-14(2)13-15-11-9-7-5-3-4-6-8-10-12-16(15)17/h3-13H2,1-2H3;15H,1,3-13H2,2H3. The number of carbonyl (C=O) groups is 1. The minimum absolute atomic E-state index is 0.0743. The van der Waals surface area contributed by atoms with Crippen LogP contribution in [0.5, 0.6) is 0 Å². The fraction of sp³-hybridized carbons (Fsp3) is 0.844. The van der Waals surface area contributed by atoms with Gasteiger partial charge in [-0.1, -0.05) is 89.0 Å². The molecule has 0 aromatic carbocycles. The molecule has 0 radical (unpaired) electrons. The van der Waals surface area contributed by atoms with Crippen molar-refractivity contribution in [1.29, 1.82) is 0 Å². The lowest BCUT2D eigenvalue weighted by Gasteiger charge is -2.19. The summed E-state index contributed by atoms with van der Waals surface area (Å²) in [6, 6.07) is 0. The van der Waals surface area contributed by atoms with Crippen molar-refractivity contribution in [3.63, 3.8) is 0 Å². The molecular weight excluding hydrogens is 416 g/mol. The van der Waals surface area contributed by atoms with E-state index in [4.69, 9.17) is 4.74 Å². The van der Waals surface area contributed by atoms with E-state index in [1.165, 1.54) is 121 Å². The molecule has 1 aliphatic heterocycles. The van der Waals surface area contributed by atoms with Crippen molar-refractivity contribution in [1.82, 2.24) is 0 Å². The Morgan fingerprint density at radius 1 is 0.765 bits per heavy atom. The van der Waals surface area contributed by atoms with Crippen molar-refractivity contribution >= 4 is 5.78 Å². The largest absolute Gasteiger partial charge is 0.492 e. The van der Waals surface area contributed by atoms with E-state index in [-0.39, 0.29) is 11.5 Å². The van der Waals surface area contributed by atoms with Crippen LogP contribution in [0.3, 0.4) is 0 Å². The molecule has 0 amide bonds. The van der Waals surface area contributed by atoms with Crippen molar-refractivity contribution in [3.05, 3.63) is 23.5 Å². The number of Topliss-reactive ketones (excluding diaryl/α,β-unsaturated/α-hetero) is 1. The van der Waals surface area contributed by atoms with Crippen molar-refractivity contribution in [3.8, 4) is 0 Å². The zero-order valence-corrected chi connectivity index (χ0v) is 23.2. The quantitative estimate of drug-likeness (QED) is 0.373. The highest BCUT2D eigenvalue weighted by molar-refractivity contribution is 5.81. The van der Waals surface area contributed by atoms with E-state index in [0.29, 0.717) is 5.78 Å². The molecule has 1 saturated carbocycles. The zero-order chi connectivity index (χ0) is 24.7. The second-order valence-electron chi connectivity index (χ2n) is 12.1. The van der Waals surface area contributed by atoms with Gasteiger partial charge < -0.3 is 4.74 Å². The lowest BCUT2D eigenvalue weighted by atomic mass is 9.87. The molecule has 0 spiro atoms. The van der Waals surface area contributed by atoms with Crippen LogP contribution in [0.15, 0.2) is 23.5 Å². The van der Waals surface area contributed by atoms with Crippen LogP contribution >= 0.6 is 0 Å². The minimum atomic E-state index is 0.0743. The maximum Gasteiger partial charge on any atom is 0.136 e. The Hall–Kier alpha value is -1.05. The normalized spacial score (nSPS) is 25.7. The van der Waals surface area contributed by atoms with Gasteiger partial charge in [-0.25, -0.2) is 0 Å². The highest BCUT2D eigenvalue weighted by Gasteiger charge is 2.31. The molecule has 1 atom stereocenters. The number of hydrogen-bond donors (Lipinski definition) is 0. The number of allylic oxidation sites excluding steroid dienone is 2. The van der Waals surface area contributed by atoms with E-state index in [1.54, 1.807) is 5.57 Å². The van der Waals surface area contributed by atoms with Crippen LogP contribution in [-0.2, 0) is 9.53 Å². The summed E-state index contributed by atoms with van der Waals surface area (Å²) >= 11 is 0. The van der Waals surface area contributed by atoms with Gasteiger partial charge >= 0.3 is 0 Å². The first-order chi connectivity index (χ1) is 16.4. The highest BCUT2D eigenvalue weighted by Crippen LogP contribution is 2.38. The zero-order valence-electron chi connectivity index (χ0n) is 23.2. The summed E-state index contributed by atoms with van der Waals surface area (Å²) in [6.45, 7) is 10.5. The van der Waals surface area contributed by atoms with Gasteiger partial charge in [0.1, 0.15) is 11.4 Å². The number of ketones is 1. The number of ether oxygens (including phenoxy) is 1. The monoisotopic (exact) mass is 472 g/mol. The van der Waals surface area contributed by atoms with Gasteiger partial charge in [0.25, 0.3) is 0 Å². The van der Waals surface area contributed by atoms with Gasteiger partial charge in [0, 0.05) is 25.2 Å². The van der Waals surface area contributed by atoms with Crippen molar-refractivity contribution in [2.24, 2.45) is 5.92 Å². The van der Waals surface area contributed by atoms with Gasteiger partial charge in [-0.15, -0.1) is 6.58 Å². The van der Waals surface area contributed by atoms with Gasteiger partial charge in [0.15, 0.2) is 0 Å². The summed E-state index contributed by atoms with van der Waals surface area (Å²) in [6.07, 6.45) is 28.0. The molecule has 0 N–H and O–H groups in total. The molecule has 0 saturated heterocycles. The SMILES string of the molecule is C=C(C)CC1CCCCCCCCCCC1=O.CC1(C)CC2=C(CCCCCCCCCC2)O1. The lowest BCUT2D eigenvalue weighted by Crippen LogP contribution is -2.18. The third kappa shape index (κ3) is 12.6. The van der Waals surface area contributed by atoms with Crippen LogP contribution in [0.2, 0.25) is 0 Å². The molecule has 1 unspecified atom stereocenters. The average molecular weight is 473 g/mol. The molecule has 3 rings (SSSR count). The van der Waals surface area contributed by atoms with Crippen LogP contribution in [0.4, 0.5) is 0 Å². The van der Waals surface area contributed by atoms with Crippen molar-refractivity contribution < 1.29 is 9.53 Å². The molecule has 3 aliphatic rings. The Kier molecular flexibility index (Phi) is 14.2. The maximum absolute atomic E-state index is 12.1. The maximum atomic E-state index is 12.1. The lowest BCUT2D eigenvalue weighted by molar-refractivity contribution is -0.123. The Balaban J connectivity index is 0.000000240. The number of hydrogen-bond acceptors (Lipinski definition) is 2. The fourth-order valence-corrected chi connectivity index (χ4v) is 5.95. The van der Waals surface area contributed by atoms with E-state index >= 15 is 0 Å². The van der Waals surface area contributed by atoms with Gasteiger partial charge in [0.2, 0.25) is 0 Å². The first kappa shape index (κ1) is 29.2. The van der Waals surface area contributed by atoms with Gasteiger partial charge in [-0.3, -0.25) is 4.79 Å². The van der Waals surface area contributed by atoms with Crippen LogP contribution in [0, 0.1) is 5.92 Å². The number of carbonyl (C=O) groups excluding carboxylic acids is 1. The van der Waals surface area contributed by atoms with Crippen LogP contribution < -0.4 is 0 Å². The molecule has 2 nitrogen and oxygen atoms in total. The molecular formula is C32H56O2. The second kappa shape index (κ2) is 16.6. The Labute approximate surface area is 212 Å². The summed E-state index contributed by atoms with van der Waals surface area (Å²) < 4.78 is 6.14. The fourth-order valence-electron chi connectivity index (χ4n) is 5.95. The average Bonchev–Trinajstić information content (AvgIpc) is 3.06. The summed E-state index contributed by atoms with van der Waals surface area (Å²) in [5, 5.41) is 0. The molecule has 1 heterocycles. The third-order valence-corrected chi connectivity index (χ3v) is 7.84. The van der Waals surface area contributed by atoms with E-state index in [9.17, 15) is 4.79 Å². The van der Waals surface area contributed by atoms with Crippen LogP contribution in [-0.4, -0.2) is 11.4 Å². The molecule has 0 aromatic heterocycles. The Morgan fingerprint density at radius 2 is 1.24 bits per heavy atom. The third-order valence-electron chi connectivity index (χ3n) is 7.84. The smallest absolute Gasteiger partial charge is 0.136 e. The molecule has 2 heteroatoms. The summed E-state index contributed by atoms with van der Waals surface area (Å²) in [5.41, 5.74) is 2.87. The minimum Gasteiger partial charge on any atom is -0.492 e. The second-order valence-corrected chi connectivity index (χ2v) is 12.1. The van der Waals surface area contributed by atoms with Crippen LogP contribution in [0.25, 0.3) is 0 Å². The van der Waals surface area contributed by atoms with Crippen molar-refractivity contribution in [2.45, 2.75) is 168 Å². The molecule has 2 aliphatic carbocycles. The van der Waals surface area contributed by atoms with E-state index in [1.807, 2.05) is 6.92 Å². The molecule has 1 fully saturated rings. The Bertz CT molecular complexity index is 601. The van der Waals surface area contributed by atoms with Crippen LogP contribution in [0.1, 0.15) is 162 Å². The summed E-state index contributed by atoms with van der Waals surface area (Å²) in [5.74, 6) is 2.12. The van der Waals surface area contributed by atoms with E-state index in [2.05, 4.69) is 20.4 Å². The first-order valence-electron chi connectivity index (χ1n) is 14.9. The summed E-state index contributed by atoms with van der Waals surface area (Å²) in [7, 11) is 0. The highest BCUT2D eigenvalue weighted by atomic mass is 16.5. The van der Waals surface area contributed by atoms with Crippen molar-refractivity contribution in [2.75, 3.05) is 0 Å². The first-order valence-corrected chi connectivity index (χ1v) is 14.9. The molecule has 196 valence electrons.